The summed E-state index contributed by atoms with van der Waals surface area (Å²) < 4.78 is 15.1. The summed E-state index contributed by atoms with van der Waals surface area (Å²) in [5, 5.41) is 13.5. The summed E-state index contributed by atoms with van der Waals surface area (Å²) in [5.41, 5.74) is -0.212. The number of esters is 1. The van der Waals surface area contributed by atoms with E-state index < -0.39 is 23.6 Å². The van der Waals surface area contributed by atoms with Crippen molar-refractivity contribution in [2.75, 3.05) is 20.3 Å². The zero-order valence-corrected chi connectivity index (χ0v) is 15.1. The van der Waals surface area contributed by atoms with Crippen molar-refractivity contribution in [2.45, 2.75) is 39.2 Å². The molecule has 0 aliphatic carbocycles. The molecule has 0 radical (unpaired) electrons. The standard InChI is InChI=1S/C17H24N2O7/c1-4-5-6-9-18-17(21)12(2)26-16(20)11-25-13-7-8-14(19(22)23)15(10-13)24-3/h7-8,10,12H,4-6,9,11H2,1-3H3,(H,18,21). The Kier molecular flexibility index (Phi) is 8.90. The second-order valence-electron chi connectivity index (χ2n) is 5.51. The topological polar surface area (TPSA) is 117 Å². The Labute approximate surface area is 151 Å². The fourth-order valence-electron chi connectivity index (χ4n) is 2.06. The van der Waals surface area contributed by atoms with Crippen molar-refractivity contribution >= 4 is 17.6 Å². The number of benzene rings is 1. The SMILES string of the molecule is CCCCCNC(=O)C(C)OC(=O)COc1ccc([N+](=O)[O-])c(OC)c1. The molecule has 1 aromatic carbocycles. The highest BCUT2D eigenvalue weighted by atomic mass is 16.6. The molecule has 0 saturated heterocycles. The summed E-state index contributed by atoms with van der Waals surface area (Å²) in [4.78, 5) is 33.8. The highest BCUT2D eigenvalue weighted by Crippen LogP contribution is 2.30. The van der Waals surface area contributed by atoms with Gasteiger partial charge < -0.3 is 19.5 Å². The molecule has 1 aromatic rings. The molecule has 9 heteroatoms. The third-order valence-electron chi connectivity index (χ3n) is 3.46. The number of rotatable bonds is 11. The van der Waals surface area contributed by atoms with Gasteiger partial charge in [-0.05, 0) is 19.4 Å². The van der Waals surface area contributed by atoms with Crippen LogP contribution in [0, 0.1) is 10.1 Å². The maximum atomic E-state index is 11.8. The second kappa shape index (κ2) is 10.9. The first-order valence-corrected chi connectivity index (χ1v) is 8.31. The van der Waals surface area contributed by atoms with Crippen LogP contribution in [0.3, 0.4) is 0 Å². The van der Waals surface area contributed by atoms with Gasteiger partial charge in [-0.3, -0.25) is 14.9 Å². The summed E-state index contributed by atoms with van der Waals surface area (Å²) in [6, 6.07) is 3.86. The van der Waals surface area contributed by atoms with Gasteiger partial charge in [0.15, 0.2) is 12.7 Å². The largest absolute Gasteiger partial charge is 0.490 e. The Balaban J connectivity index is 2.46. The third kappa shape index (κ3) is 6.96. The Morgan fingerprint density at radius 1 is 1.31 bits per heavy atom. The minimum absolute atomic E-state index is 0.0145. The van der Waals surface area contributed by atoms with E-state index in [-0.39, 0.29) is 23.1 Å². The van der Waals surface area contributed by atoms with Crippen LogP contribution in [-0.2, 0) is 14.3 Å². The van der Waals surface area contributed by atoms with E-state index in [2.05, 4.69) is 12.2 Å². The van der Waals surface area contributed by atoms with Gasteiger partial charge in [0.1, 0.15) is 5.75 Å². The van der Waals surface area contributed by atoms with Crippen LogP contribution >= 0.6 is 0 Å². The molecular formula is C17H24N2O7. The molecule has 0 heterocycles. The van der Waals surface area contributed by atoms with E-state index in [0.29, 0.717) is 6.54 Å². The van der Waals surface area contributed by atoms with E-state index in [1.54, 1.807) is 0 Å². The fourth-order valence-corrected chi connectivity index (χ4v) is 2.06. The highest BCUT2D eigenvalue weighted by Gasteiger charge is 2.19. The number of hydrogen-bond donors (Lipinski definition) is 1. The molecule has 26 heavy (non-hydrogen) atoms. The van der Waals surface area contributed by atoms with Gasteiger partial charge in [0.25, 0.3) is 5.91 Å². The minimum Gasteiger partial charge on any atom is -0.490 e. The van der Waals surface area contributed by atoms with Crippen LogP contribution in [0.15, 0.2) is 18.2 Å². The number of carbonyl (C=O) groups excluding carboxylic acids is 2. The van der Waals surface area contributed by atoms with E-state index in [1.807, 2.05) is 0 Å². The number of ether oxygens (including phenoxy) is 3. The minimum atomic E-state index is -0.931. The van der Waals surface area contributed by atoms with Crippen LogP contribution < -0.4 is 14.8 Å². The van der Waals surface area contributed by atoms with Crippen LogP contribution in [0.25, 0.3) is 0 Å². The molecule has 1 rings (SSSR count). The summed E-state index contributed by atoms with van der Waals surface area (Å²) in [5.74, 6) is -0.869. The van der Waals surface area contributed by atoms with Gasteiger partial charge in [0, 0.05) is 18.7 Å². The lowest BCUT2D eigenvalue weighted by Gasteiger charge is -2.14. The lowest BCUT2D eigenvalue weighted by molar-refractivity contribution is -0.385. The molecule has 1 unspecified atom stereocenters. The fraction of sp³-hybridized carbons (Fsp3) is 0.529. The van der Waals surface area contributed by atoms with Crippen molar-refractivity contribution in [3.05, 3.63) is 28.3 Å². The number of carbonyl (C=O) groups is 2. The summed E-state index contributed by atoms with van der Waals surface area (Å²) >= 11 is 0. The first-order chi connectivity index (χ1) is 12.4. The van der Waals surface area contributed by atoms with Gasteiger partial charge in [0.2, 0.25) is 5.75 Å². The van der Waals surface area contributed by atoms with E-state index in [1.165, 1.54) is 32.2 Å². The number of nitro benzene ring substituents is 1. The van der Waals surface area contributed by atoms with Gasteiger partial charge in [-0.25, -0.2) is 4.79 Å². The van der Waals surface area contributed by atoms with E-state index in [0.717, 1.165) is 19.3 Å². The van der Waals surface area contributed by atoms with Crippen molar-refractivity contribution in [1.82, 2.24) is 5.32 Å². The van der Waals surface area contributed by atoms with E-state index in [9.17, 15) is 19.7 Å². The maximum absolute atomic E-state index is 11.8. The maximum Gasteiger partial charge on any atom is 0.344 e. The van der Waals surface area contributed by atoms with Crippen molar-refractivity contribution in [3.8, 4) is 11.5 Å². The lowest BCUT2D eigenvalue weighted by Crippen LogP contribution is -2.37. The molecule has 0 aromatic heterocycles. The molecule has 1 amide bonds. The van der Waals surface area contributed by atoms with Gasteiger partial charge in [-0.2, -0.15) is 0 Å². The number of nitro groups is 1. The first-order valence-electron chi connectivity index (χ1n) is 8.31. The number of nitrogens with one attached hydrogen (secondary N) is 1. The molecular weight excluding hydrogens is 344 g/mol. The Hall–Kier alpha value is -2.84. The average molecular weight is 368 g/mol. The van der Waals surface area contributed by atoms with Gasteiger partial charge in [-0.15, -0.1) is 0 Å². The number of methoxy groups -OCH3 is 1. The van der Waals surface area contributed by atoms with E-state index >= 15 is 0 Å². The van der Waals surface area contributed by atoms with Crippen molar-refractivity contribution in [2.24, 2.45) is 0 Å². The number of unbranched alkanes of at least 4 members (excludes halogenated alkanes) is 2. The van der Waals surface area contributed by atoms with Crippen LogP contribution in [0.5, 0.6) is 11.5 Å². The lowest BCUT2D eigenvalue weighted by atomic mass is 10.2. The summed E-state index contributed by atoms with van der Waals surface area (Å²) in [6.07, 6.45) is 2.00. The summed E-state index contributed by atoms with van der Waals surface area (Å²) in [6.45, 7) is 3.64. The molecule has 0 aliphatic rings. The Morgan fingerprint density at radius 2 is 2.04 bits per heavy atom. The quantitative estimate of drug-likeness (QED) is 0.275. The smallest absolute Gasteiger partial charge is 0.344 e. The van der Waals surface area contributed by atoms with Crippen LogP contribution in [0.1, 0.15) is 33.1 Å². The molecule has 1 atom stereocenters. The monoisotopic (exact) mass is 368 g/mol. The zero-order valence-electron chi connectivity index (χ0n) is 15.1. The summed E-state index contributed by atoms with van der Waals surface area (Å²) in [7, 11) is 1.29. The first kappa shape index (κ1) is 21.2. The van der Waals surface area contributed by atoms with Crippen molar-refractivity contribution in [1.29, 1.82) is 0 Å². The molecule has 0 bridgehead atoms. The van der Waals surface area contributed by atoms with Gasteiger partial charge in [-0.1, -0.05) is 19.8 Å². The van der Waals surface area contributed by atoms with Crippen LogP contribution in [-0.4, -0.2) is 43.2 Å². The molecule has 144 valence electrons. The van der Waals surface area contributed by atoms with Crippen LogP contribution in [0.4, 0.5) is 5.69 Å². The predicted octanol–water partition coefficient (Wildman–Crippen LogP) is 2.22. The number of nitrogens with zero attached hydrogens (tertiary/aromatic N) is 1. The molecule has 9 nitrogen and oxygen atoms in total. The Bertz CT molecular complexity index is 634. The molecule has 0 saturated carbocycles. The molecule has 0 spiro atoms. The van der Waals surface area contributed by atoms with Gasteiger partial charge >= 0.3 is 11.7 Å². The zero-order chi connectivity index (χ0) is 19.5. The third-order valence-corrected chi connectivity index (χ3v) is 3.46. The highest BCUT2D eigenvalue weighted by molar-refractivity contribution is 5.83. The normalized spacial score (nSPS) is 11.3. The molecule has 0 fully saturated rings. The van der Waals surface area contributed by atoms with Crippen LogP contribution in [0.2, 0.25) is 0 Å². The van der Waals surface area contributed by atoms with Gasteiger partial charge in [0.05, 0.1) is 12.0 Å². The average Bonchev–Trinajstić information content (AvgIpc) is 2.62. The second-order valence-corrected chi connectivity index (χ2v) is 5.51. The number of amides is 1. The number of hydrogen-bond acceptors (Lipinski definition) is 7. The predicted molar refractivity (Wildman–Crippen MR) is 93.2 cm³/mol. The molecule has 1 N–H and O–H groups in total. The van der Waals surface area contributed by atoms with Crippen molar-refractivity contribution < 1.29 is 28.7 Å². The molecule has 0 aliphatic heterocycles. The van der Waals surface area contributed by atoms with E-state index in [4.69, 9.17) is 14.2 Å². The van der Waals surface area contributed by atoms with Crippen molar-refractivity contribution in [3.63, 3.8) is 0 Å². The Morgan fingerprint density at radius 3 is 2.65 bits per heavy atom.